The van der Waals surface area contributed by atoms with E-state index >= 15 is 0 Å². The Kier molecular flexibility index (Phi) is 3.43. The number of benzene rings is 2. The van der Waals surface area contributed by atoms with Crippen LogP contribution in [-0.4, -0.2) is 9.97 Å². The molecule has 0 unspecified atom stereocenters. The number of hydrogen-bond donors (Lipinski definition) is 1. The van der Waals surface area contributed by atoms with Crippen molar-refractivity contribution in [3.8, 4) is 11.4 Å². The molecule has 0 aliphatic carbocycles. The van der Waals surface area contributed by atoms with E-state index in [-0.39, 0.29) is 17.2 Å². The Morgan fingerprint density at radius 1 is 1.10 bits per heavy atom. The van der Waals surface area contributed by atoms with Crippen LogP contribution in [0.5, 0.6) is 0 Å². The monoisotopic (exact) mass is 321 g/mol. The van der Waals surface area contributed by atoms with Crippen LogP contribution in [0.15, 0.2) is 30.3 Å². The Hall–Kier alpha value is -1.91. The van der Waals surface area contributed by atoms with Crippen molar-refractivity contribution in [2.45, 2.75) is 6.92 Å². The number of rotatable bonds is 1. The van der Waals surface area contributed by atoms with E-state index in [1.54, 1.807) is 31.2 Å². The van der Waals surface area contributed by atoms with Crippen molar-refractivity contribution in [3.05, 3.63) is 51.8 Å². The average Bonchev–Trinajstić information content (AvgIpc) is 2.40. The third-order valence-electron chi connectivity index (χ3n) is 3.11. The van der Waals surface area contributed by atoms with Crippen LogP contribution in [0.2, 0.25) is 10.0 Å². The first-order valence-electron chi connectivity index (χ1n) is 6.14. The molecule has 2 N–H and O–H groups in total. The molecular formula is C15H10Cl2FN3. The fourth-order valence-corrected chi connectivity index (χ4v) is 2.64. The fourth-order valence-electron chi connectivity index (χ4n) is 2.10. The van der Waals surface area contributed by atoms with Gasteiger partial charge in [-0.05, 0) is 36.8 Å². The summed E-state index contributed by atoms with van der Waals surface area (Å²) < 4.78 is 14.1. The predicted molar refractivity (Wildman–Crippen MR) is 84.1 cm³/mol. The zero-order chi connectivity index (χ0) is 15.1. The SMILES string of the molecule is Cc1ccc(-c2nc(N)c3cc(Cl)cc(Cl)c3n2)c(F)c1. The van der Waals surface area contributed by atoms with Crippen LogP contribution in [0.4, 0.5) is 10.2 Å². The second-order valence-electron chi connectivity index (χ2n) is 4.70. The van der Waals surface area contributed by atoms with Gasteiger partial charge in [-0.3, -0.25) is 0 Å². The van der Waals surface area contributed by atoms with E-state index < -0.39 is 5.82 Å². The highest BCUT2D eigenvalue weighted by Gasteiger charge is 2.14. The van der Waals surface area contributed by atoms with Crippen LogP contribution >= 0.6 is 23.2 Å². The zero-order valence-electron chi connectivity index (χ0n) is 11.0. The molecule has 3 aromatic rings. The summed E-state index contributed by atoms with van der Waals surface area (Å²) in [5.74, 6) is -0.0000616. The maximum absolute atomic E-state index is 14.1. The molecule has 2 aromatic carbocycles. The predicted octanol–water partition coefficient (Wildman–Crippen LogP) is 4.63. The number of hydrogen-bond acceptors (Lipinski definition) is 3. The number of nitrogen functional groups attached to an aromatic ring is 1. The lowest BCUT2D eigenvalue weighted by Crippen LogP contribution is -2.00. The smallest absolute Gasteiger partial charge is 0.165 e. The summed E-state index contributed by atoms with van der Waals surface area (Å²) in [5, 5.41) is 1.33. The number of halogens is 3. The van der Waals surface area contributed by atoms with Gasteiger partial charge in [0.15, 0.2) is 5.82 Å². The van der Waals surface area contributed by atoms with E-state index in [2.05, 4.69) is 9.97 Å². The first-order valence-corrected chi connectivity index (χ1v) is 6.90. The van der Waals surface area contributed by atoms with Gasteiger partial charge in [0.1, 0.15) is 11.6 Å². The minimum atomic E-state index is -0.404. The molecule has 0 radical (unpaired) electrons. The third kappa shape index (κ3) is 2.52. The minimum absolute atomic E-state index is 0.196. The topological polar surface area (TPSA) is 51.8 Å². The quantitative estimate of drug-likeness (QED) is 0.710. The van der Waals surface area contributed by atoms with Gasteiger partial charge in [-0.2, -0.15) is 0 Å². The van der Waals surface area contributed by atoms with Crippen LogP contribution in [0, 0.1) is 12.7 Å². The molecule has 3 rings (SSSR count). The second-order valence-corrected chi connectivity index (χ2v) is 5.54. The highest BCUT2D eigenvalue weighted by Crippen LogP contribution is 2.31. The van der Waals surface area contributed by atoms with Gasteiger partial charge in [0, 0.05) is 10.4 Å². The molecule has 0 fully saturated rings. The molecule has 0 bridgehead atoms. The first kappa shape index (κ1) is 14.0. The number of anilines is 1. The summed E-state index contributed by atoms with van der Waals surface area (Å²) in [6, 6.07) is 8.02. The van der Waals surface area contributed by atoms with Gasteiger partial charge >= 0.3 is 0 Å². The van der Waals surface area contributed by atoms with Gasteiger partial charge in [0.25, 0.3) is 0 Å². The molecule has 21 heavy (non-hydrogen) atoms. The van der Waals surface area contributed by atoms with Crippen molar-refractivity contribution in [2.75, 3.05) is 5.73 Å². The molecule has 0 saturated heterocycles. The van der Waals surface area contributed by atoms with Gasteiger partial charge in [-0.25, -0.2) is 14.4 Å². The van der Waals surface area contributed by atoms with Gasteiger partial charge in [-0.15, -0.1) is 0 Å². The Morgan fingerprint density at radius 2 is 1.86 bits per heavy atom. The molecule has 0 spiro atoms. The van der Waals surface area contributed by atoms with Crippen molar-refractivity contribution in [3.63, 3.8) is 0 Å². The number of nitrogens with zero attached hydrogens (tertiary/aromatic N) is 2. The van der Waals surface area contributed by atoms with Crippen molar-refractivity contribution < 1.29 is 4.39 Å². The molecule has 0 amide bonds. The molecular weight excluding hydrogens is 312 g/mol. The second kappa shape index (κ2) is 5.13. The lowest BCUT2D eigenvalue weighted by atomic mass is 10.1. The molecule has 3 nitrogen and oxygen atoms in total. The highest BCUT2D eigenvalue weighted by molar-refractivity contribution is 6.38. The molecule has 1 aromatic heterocycles. The van der Waals surface area contributed by atoms with E-state index in [0.717, 1.165) is 5.56 Å². The van der Waals surface area contributed by atoms with Crippen molar-refractivity contribution in [2.24, 2.45) is 0 Å². The Balaban J connectivity index is 2.30. The van der Waals surface area contributed by atoms with Crippen LogP contribution in [0.3, 0.4) is 0 Å². The molecule has 6 heteroatoms. The molecule has 0 aliphatic rings. The largest absolute Gasteiger partial charge is 0.383 e. The van der Waals surface area contributed by atoms with Crippen LogP contribution in [0.1, 0.15) is 5.56 Å². The van der Waals surface area contributed by atoms with E-state index in [4.69, 9.17) is 28.9 Å². The van der Waals surface area contributed by atoms with Crippen molar-refractivity contribution >= 4 is 39.9 Å². The number of aryl methyl sites for hydroxylation is 1. The summed E-state index contributed by atoms with van der Waals surface area (Å²) >= 11 is 12.1. The Morgan fingerprint density at radius 3 is 2.57 bits per heavy atom. The lowest BCUT2D eigenvalue weighted by molar-refractivity contribution is 0.629. The minimum Gasteiger partial charge on any atom is -0.383 e. The summed E-state index contributed by atoms with van der Waals surface area (Å²) in [5.41, 5.74) is 7.46. The molecule has 1 heterocycles. The molecule has 0 saturated carbocycles. The van der Waals surface area contributed by atoms with Gasteiger partial charge in [0.05, 0.1) is 16.1 Å². The summed E-state index contributed by atoms with van der Waals surface area (Å²) in [4.78, 5) is 8.47. The van der Waals surface area contributed by atoms with Crippen molar-refractivity contribution in [1.82, 2.24) is 9.97 Å². The highest BCUT2D eigenvalue weighted by atomic mass is 35.5. The number of nitrogens with two attached hydrogens (primary N) is 1. The standard InChI is InChI=1S/C15H10Cl2FN3/c1-7-2-3-9(12(18)4-7)15-20-13-10(14(19)21-15)5-8(16)6-11(13)17/h2-6H,1H3,(H2,19,20,21). The Bertz CT molecular complexity index is 865. The van der Waals surface area contributed by atoms with Gasteiger partial charge in [-0.1, -0.05) is 29.3 Å². The average molecular weight is 322 g/mol. The number of fused-ring (bicyclic) bond motifs is 1. The maximum Gasteiger partial charge on any atom is 0.165 e. The first-order chi connectivity index (χ1) is 9.95. The number of aromatic nitrogens is 2. The maximum atomic E-state index is 14.1. The van der Waals surface area contributed by atoms with E-state index in [1.807, 2.05) is 0 Å². The molecule has 0 atom stereocenters. The van der Waals surface area contributed by atoms with Crippen LogP contribution in [0.25, 0.3) is 22.3 Å². The van der Waals surface area contributed by atoms with E-state index in [0.29, 0.717) is 20.9 Å². The van der Waals surface area contributed by atoms with E-state index in [1.165, 1.54) is 6.07 Å². The van der Waals surface area contributed by atoms with Crippen LogP contribution < -0.4 is 5.73 Å². The third-order valence-corrected chi connectivity index (χ3v) is 3.62. The summed E-state index contributed by atoms with van der Waals surface area (Å²) in [6.45, 7) is 1.81. The normalized spacial score (nSPS) is 11.0. The Labute approximate surface area is 130 Å². The molecule has 106 valence electrons. The summed E-state index contributed by atoms with van der Waals surface area (Å²) in [6.07, 6.45) is 0. The zero-order valence-corrected chi connectivity index (χ0v) is 12.5. The van der Waals surface area contributed by atoms with Gasteiger partial charge in [0.2, 0.25) is 0 Å². The van der Waals surface area contributed by atoms with Crippen molar-refractivity contribution in [1.29, 1.82) is 0 Å². The van der Waals surface area contributed by atoms with E-state index in [9.17, 15) is 4.39 Å². The molecule has 0 aliphatic heterocycles. The summed E-state index contributed by atoms with van der Waals surface area (Å²) in [7, 11) is 0. The fraction of sp³-hybridized carbons (Fsp3) is 0.0667. The van der Waals surface area contributed by atoms with Gasteiger partial charge < -0.3 is 5.73 Å². The lowest BCUT2D eigenvalue weighted by Gasteiger charge is -2.08. The van der Waals surface area contributed by atoms with Crippen LogP contribution in [-0.2, 0) is 0 Å².